The summed E-state index contributed by atoms with van der Waals surface area (Å²) in [7, 11) is 0. The lowest BCUT2D eigenvalue weighted by Gasteiger charge is -2.11. The van der Waals surface area contributed by atoms with Crippen LogP contribution < -0.4 is 5.11 Å². The number of phenols is 1. The smallest absolute Gasteiger partial charge is 0.339 e. The average molecular weight is 197 g/mol. The van der Waals surface area contributed by atoms with Gasteiger partial charge in [0.25, 0.3) is 0 Å². The summed E-state index contributed by atoms with van der Waals surface area (Å²) in [5.41, 5.74) is -1.27. The van der Waals surface area contributed by atoms with Crippen molar-refractivity contribution in [3.05, 3.63) is 23.3 Å². The van der Waals surface area contributed by atoms with Gasteiger partial charge in [0, 0.05) is 0 Å². The van der Waals surface area contributed by atoms with Crippen molar-refractivity contribution in [2.24, 2.45) is 0 Å². The van der Waals surface area contributed by atoms with Crippen LogP contribution in [0.25, 0.3) is 0 Å². The summed E-state index contributed by atoms with van der Waals surface area (Å²) in [5.74, 6) is -4.69. The van der Waals surface area contributed by atoms with Crippen molar-refractivity contribution in [3.63, 3.8) is 0 Å². The fourth-order valence-corrected chi connectivity index (χ4v) is 0.907. The molecule has 1 aromatic rings. The van der Waals surface area contributed by atoms with Gasteiger partial charge in [0.1, 0.15) is 11.3 Å². The van der Waals surface area contributed by atoms with Crippen molar-refractivity contribution in [3.8, 4) is 11.5 Å². The van der Waals surface area contributed by atoms with Crippen LogP contribution in [0.4, 0.5) is 0 Å². The highest BCUT2D eigenvalue weighted by Crippen LogP contribution is 2.25. The number of carboxylic acid groups (broad SMARTS) is 2. The molecule has 0 aliphatic rings. The number of carbonyl (C=O) groups is 2. The normalized spacial score (nSPS) is 9.71. The Balaban J connectivity index is 3.38. The zero-order valence-electron chi connectivity index (χ0n) is 6.72. The van der Waals surface area contributed by atoms with Crippen LogP contribution in [0.1, 0.15) is 20.7 Å². The molecule has 0 aliphatic heterocycles. The van der Waals surface area contributed by atoms with Crippen molar-refractivity contribution < 1.29 is 30.0 Å². The first-order valence-electron chi connectivity index (χ1n) is 3.44. The van der Waals surface area contributed by atoms with Crippen molar-refractivity contribution in [1.82, 2.24) is 0 Å². The minimum absolute atomic E-state index is 0.571. The number of rotatable bonds is 2. The van der Waals surface area contributed by atoms with E-state index in [-0.39, 0.29) is 0 Å². The van der Waals surface area contributed by atoms with Crippen molar-refractivity contribution in [2.45, 2.75) is 0 Å². The van der Waals surface area contributed by atoms with E-state index in [1.165, 1.54) is 0 Å². The molecule has 1 aromatic carbocycles. The topological polar surface area (TPSA) is 118 Å². The number of hydrogen-bond acceptors (Lipinski definition) is 4. The van der Waals surface area contributed by atoms with Crippen molar-refractivity contribution in [2.75, 3.05) is 0 Å². The molecule has 0 saturated heterocycles. The molecule has 3 N–H and O–H groups in total. The first-order valence-corrected chi connectivity index (χ1v) is 3.44. The predicted octanol–water partition coefficient (Wildman–Crippen LogP) is -0.138. The molecule has 0 saturated carbocycles. The molecule has 0 spiro atoms. The van der Waals surface area contributed by atoms with Gasteiger partial charge in [-0.3, -0.25) is 0 Å². The Morgan fingerprint density at radius 3 is 2.00 bits per heavy atom. The molecule has 0 unspecified atom stereocenters. The van der Waals surface area contributed by atoms with E-state index in [1.54, 1.807) is 0 Å². The van der Waals surface area contributed by atoms with Gasteiger partial charge in [-0.25, -0.2) is 9.59 Å². The lowest BCUT2D eigenvalue weighted by atomic mass is 10.1. The molecule has 0 heterocycles. The Hall–Kier alpha value is -2.24. The Bertz CT molecular complexity index is 369. The largest absolute Gasteiger partial charge is 0.872 e. The van der Waals surface area contributed by atoms with Crippen LogP contribution in [0.3, 0.4) is 0 Å². The molecule has 6 nitrogen and oxygen atoms in total. The maximum atomic E-state index is 11.0. The first-order chi connectivity index (χ1) is 6.43. The third-order valence-electron chi connectivity index (χ3n) is 1.56. The molecular weight excluding hydrogens is 192 g/mol. The van der Waals surface area contributed by atoms with Gasteiger partial charge in [-0.2, -0.15) is 0 Å². The summed E-state index contributed by atoms with van der Waals surface area (Å²) in [4.78, 5) is 20.8. The zero-order valence-corrected chi connectivity index (χ0v) is 6.72. The summed E-state index contributed by atoms with van der Waals surface area (Å²) in [6.07, 6.45) is 0. The van der Waals surface area contributed by atoms with E-state index in [2.05, 4.69) is 0 Å². The lowest BCUT2D eigenvalue weighted by molar-refractivity contribution is -0.268. The van der Waals surface area contributed by atoms with E-state index < -0.39 is 34.6 Å². The summed E-state index contributed by atoms with van der Waals surface area (Å²) in [5, 5.41) is 37.0. The fraction of sp³-hybridized carbons (Fsp3) is 0. The van der Waals surface area contributed by atoms with E-state index in [9.17, 15) is 14.7 Å². The van der Waals surface area contributed by atoms with Crippen molar-refractivity contribution in [1.29, 1.82) is 0 Å². The Morgan fingerprint density at radius 2 is 1.57 bits per heavy atom. The van der Waals surface area contributed by atoms with Gasteiger partial charge in [-0.05, 0) is 6.07 Å². The Labute approximate surface area is 77.7 Å². The summed E-state index contributed by atoms with van der Waals surface area (Å²) < 4.78 is 0. The molecular formula is C8H5O6-. The number of aromatic carboxylic acids is 2. The van der Waals surface area contributed by atoms with Crippen LogP contribution in [0.5, 0.6) is 11.5 Å². The molecule has 1 rings (SSSR count). The highest BCUT2D eigenvalue weighted by atomic mass is 16.4. The Morgan fingerprint density at radius 1 is 1.07 bits per heavy atom. The van der Waals surface area contributed by atoms with Gasteiger partial charge in [-0.15, -0.1) is 0 Å². The molecule has 0 radical (unpaired) electrons. The van der Waals surface area contributed by atoms with Crippen LogP contribution in [0, 0.1) is 0 Å². The molecule has 0 aliphatic carbocycles. The molecule has 0 bridgehead atoms. The average Bonchev–Trinajstić information content (AvgIpc) is 2.07. The van der Waals surface area contributed by atoms with Crippen LogP contribution in [0.2, 0.25) is 0 Å². The first kappa shape index (κ1) is 9.85. The molecule has 0 amide bonds. The van der Waals surface area contributed by atoms with Crippen molar-refractivity contribution >= 4 is 11.9 Å². The third kappa shape index (κ3) is 1.58. The zero-order chi connectivity index (χ0) is 10.9. The molecule has 0 fully saturated rings. The number of hydrogen-bond donors (Lipinski definition) is 3. The van der Waals surface area contributed by atoms with Crippen LogP contribution in [-0.2, 0) is 0 Å². The predicted molar refractivity (Wildman–Crippen MR) is 41.5 cm³/mol. The van der Waals surface area contributed by atoms with Gasteiger partial charge in [0.2, 0.25) is 0 Å². The van der Waals surface area contributed by atoms with Gasteiger partial charge in [0.15, 0.2) is 0 Å². The van der Waals surface area contributed by atoms with Gasteiger partial charge >= 0.3 is 11.9 Å². The second kappa shape index (κ2) is 3.25. The molecule has 6 heteroatoms. The van der Waals surface area contributed by atoms with Gasteiger partial charge < -0.3 is 20.4 Å². The monoisotopic (exact) mass is 197 g/mol. The Kier molecular flexibility index (Phi) is 2.29. The number of benzene rings is 1. The maximum Gasteiger partial charge on any atom is 0.339 e. The standard InChI is InChI=1S/C8H6O6/c9-5-1-3(7(11)12)6(10)2-4(5)8(13)14/h1-2,9-10H,(H,11,12)(H,13,14)/p-1. The second-order valence-corrected chi connectivity index (χ2v) is 2.48. The highest BCUT2D eigenvalue weighted by Gasteiger charge is 2.13. The number of aromatic hydroxyl groups is 1. The maximum absolute atomic E-state index is 11.0. The van der Waals surface area contributed by atoms with E-state index in [0.717, 1.165) is 0 Å². The molecule has 0 atom stereocenters. The third-order valence-corrected chi connectivity index (χ3v) is 1.56. The van der Waals surface area contributed by atoms with Gasteiger partial charge in [-0.1, -0.05) is 11.8 Å². The SMILES string of the molecule is O=C(O)c1cc(O)c(C(=O)O)cc1[O-]. The van der Waals surface area contributed by atoms with Gasteiger partial charge in [0.05, 0.1) is 5.56 Å². The lowest BCUT2D eigenvalue weighted by Crippen LogP contribution is -2.07. The van der Waals surface area contributed by atoms with Crippen LogP contribution >= 0.6 is 0 Å². The quantitative estimate of drug-likeness (QED) is 0.607. The highest BCUT2D eigenvalue weighted by molar-refractivity contribution is 5.96. The molecule has 74 valence electrons. The minimum atomic E-state index is -1.51. The fourth-order valence-electron chi connectivity index (χ4n) is 0.907. The minimum Gasteiger partial charge on any atom is -0.872 e. The molecule has 14 heavy (non-hydrogen) atoms. The second-order valence-electron chi connectivity index (χ2n) is 2.48. The summed E-state index contributed by atoms with van der Waals surface area (Å²) in [6.45, 7) is 0. The van der Waals surface area contributed by atoms with E-state index in [4.69, 9.17) is 15.3 Å². The van der Waals surface area contributed by atoms with E-state index in [0.29, 0.717) is 12.1 Å². The van der Waals surface area contributed by atoms with Crippen LogP contribution in [0.15, 0.2) is 12.1 Å². The molecule has 0 aromatic heterocycles. The number of carboxylic acids is 2. The van der Waals surface area contributed by atoms with Crippen LogP contribution in [-0.4, -0.2) is 27.3 Å². The summed E-state index contributed by atoms with van der Waals surface area (Å²) >= 11 is 0. The van der Waals surface area contributed by atoms with E-state index in [1.807, 2.05) is 0 Å². The summed E-state index contributed by atoms with van der Waals surface area (Å²) in [6, 6.07) is 1.19. The van der Waals surface area contributed by atoms with E-state index >= 15 is 0 Å².